The predicted molar refractivity (Wildman–Crippen MR) is 154 cm³/mol. The molecule has 214 valence electrons. The van der Waals surface area contributed by atoms with Crippen molar-refractivity contribution in [2.45, 2.75) is 44.3 Å². The van der Waals surface area contributed by atoms with Gasteiger partial charge in [-0.25, -0.2) is 4.39 Å². The SMILES string of the molecule is CNC(=O)[C@@H](Cc1ccc(F)cc1)N(C)C(=O)[C@@H](Cc1ccc2ccccc2c1)NCC(=O)COCC(C)(C)N. The molecule has 4 N–H and O–H groups in total. The van der Waals surface area contributed by atoms with Gasteiger partial charge in [0.15, 0.2) is 5.78 Å². The van der Waals surface area contributed by atoms with Crippen molar-refractivity contribution in [1.82, 2.24) is 15.5 Å². The number of benzene rings is 3. The molecule has 40 heavy (non-hydrogen) atoms. The fourth-order valence-corrected chi connectivity index (χ4v) is 4.38. The van der Waals surface area contributed by atoms with Gasteiger partial charge in [-0.3, -0.25) is 19.7 Å². The highest BCUT2D eigenvalue weighted by atomic mass is 19.1. The number of hydrogen-bond donors (Lipinski definition) is 3. The summed E-state index contributed by atoms with van der Waals surface area (Å²) in [5.41, 5.74) is 6.97. The highest BCUT2D eigenvalue weighted by molar-refractivity contribution is 5.91. The molecule has 2 amide bonds. The molecule has 0 aliphatic heterocycles. The first kappa shape index (κ1) is 30.9. The zero-order valence-corrected chi connectivity index (χ0v) is 23.6. The quantitative estimate of drug-likeness (QED) is 0.284. The first-order valence-electron chi connectivity index (χ1n) is 13.3. The summed E-state index contributed by atoms with van der Waals surface area (Å²) in [5, 5.41) is 7.83. The highest BCUT2D eigenvalue weighted by Gasteiger charge is 2.31. The molecule has 0 spiro atoms. The topological polar surface area (TPSA) is 114 Å². The molecular weight excluding hydrogens is 511 g/mol. The summed E-state index contributed by atoms with van der Waals surface area (Å²) < 4.78 is 18.9. The second-order valence-electron chi connectivity index (χ2n) is 10.7. The third kappa shape index (κ3) is 9.22. The maximum Gasteiger partial charge on any atom is 0.242 e. The lowest BCUT2D eigenvalue weighted by Gasteiger charge is -2.31. The Morgan fingerprint density at radius 2 is 1.62 bits per heavy atom. The molecule has 3 aromatic carbocycles. The van der Waals surface area contributed by atoms with Gasteiger partial charge >= 0.3 is 0 Å². The third-order valence-electron chi connectivity index (χ3n) is 6.54. The third-order valence-corrected chi connectivity index (χ3v) is 6.54. The maximum atomic E-state index is 13.8. The minimum absolute atomic E-state index is 0.0918. The van der Waals surface area contributed by atoms with Crippen molar-refractivity contribution in [2.75, 3.05) is 33.9 Å². The molecule has 0 unspecified atom stereocenters. The lowest BCUT2D eigenvalue weighted by molar-refractivity contribution is -0.140. The van der Waals surface area contributed by atoms with Crippen LogP contribution in [-0.4, -0.2) is 74.0 Å². The molecule has 2 atom stereocenters. The Bertz CT molecular complexity index is 1310. The van der Waals surface area contributed by atoms with E-state index in [9.17, 15) is 18.8 Å². The second-order valence-corrected chi connectivity index (χ2v) is 10.7. The number of amides is 2. The van der Waals surface area contributed by atoms with E-state index >= 15 is 0 Å². The number of nitrogens with one attached hydrogen (secondary N) is 2. The van der Waals surface area contributed by atoms with E-state index < -0.39 is 17.6 Å². The number of nitrogens with two attached hydrogens (primary N) is 1. The molecule has 3 rings (SSSR count). The number of carbonyl (C=O) groups is 3. The summed E-state index contributed by atoms with van der Waals surface area (Å²) in [7, 11) is 3.07. The fraction of sp³-hybridized carbons (Fsp3) is 0.387. The average molecular weight is 551 g/mol. The molecule has 0 aliphatic carbocycles. The summed E-state index contributed by atoms with van der Waals surface area (Å²) >= 11 is 0. The standard InChI is InChI=1S/C31H39FN4O4/c1-31(2,33)20-40-19-26(37)18-35-27(16-22-9-12-23-7-5-6-8-24(23)15-22)30(39)36(4)28(29(38)34-3)17-21-10-13-25(32)14-11-21/h5-15,27-28,35H,16-20,33H2,1-4H3,(H,34,38)/t27-,28-/m1/s1. The number of ketones is 1. The monoisotopic (exact) mass is 550 g/mol. The fourth-order valence-electron chi connectivity index (χ4n) is 4.38. The Morgan fingerprint density at radius 1 is 0.975 bits per heavy atom. The van der Waals surface area contributed by atoms with Crippen LogP contribution < -0.4 is 16.4 Å². The Kier molecular flexibility index (Phi) is 10.9. The lowest BCUT2D eigenvalue weighted by Crippen LogP contribution is -2.55. The van der Waals surface area contributed by atoms with E-state index in [-0.39, 0.29) is 49.6 Å². The van der Waals surface area contributed by atoms with Crippen molar-refractivity contribution in [2.24, 2.45) is 5.73 Å². The normalized spacial score (nSPS) is 13.1. The van der Waals surface area contributed by atoms with Gasteiger partial charge < -0.3 is 20.7 Å². The van der Waals surface area contributed by atoms with Gasteiger partial charge in [-0.2, -0.15) is 0 Å². The summed E-state index contributed by atoms with van der Waals surface area (Å²) in [6, 6.07) is 18.1. The molecule has 0 heterocycles. The average Bonchev–Trinajstić information content (AvgIpc) is 2.93. The van der Waals surface area contributed by atoms with Crippen LogP contribution >= 0.6 is 0 Å². The summed E-state index contributed by atoms with van der Waals surface area (Å²) in [6.45, 7) is 3.60. The van der Waals surface area contributed by atoms with Gasteiger partial charge in [-0.05, 0) is 54.3 Å². The van der Waals surface area contributed by atoms with Crippen molar-refractivity contribution < 1.29 is 23.5 Å². The molecule has 0 aromatic heterocycles. The number of carbonyl (C=O) groups excluding carboxylic acids is 3. The maximum absolute atomic E-state index is 13.8. The zero-order chi connectivity index (χ0) is 29.3. The number of Topliss-reactive ketones (excluding diaryl/α,β-unsaturated/α-hetero) is 1. The molecule has 9 heteroatoms. The van der Waals surface area contributed by atoms with E-state index in [1.54, 1.807) is 33.0 Å². The number of rotatable bonds is 14. The van der Waals surface area contributed by atoms with Gasteiger partial charge in [-0.15, -0.1) is 0 Å². The first-order chi connectivity index (χ1) is 19.0. The molecule has 0 radical (unpaired) electrons. The van der Waals surface area contributed by atoms with Crippen LogP contribution in [0.15, 0.2) is 66.7 Å². The Balaban J connectivity index is 1.80. The van der Waals surface area contributed by atoms with Crippen LogP contribution in [-0.2, 0) is 32.0 Å². The van der Waals surface area contributed by atoms with Crippen molar-refractivity contribution in [1.29, 1.82) is 0 Å². The minimum Gasteiger partial charge on any atom is -0.372 e. The van der Waals surface area contributed by atoms with Crippen LogP contribution in [0.1, 0.15) is 25.0 Å². The molecule has 8 nitrogen and oxygen atoms in total. The number of nitrogens with zero attached hydrogens (tertiary/aromatic N) is 1. The number of ether oxygens (including phenoxy) is 1. The van der Waals surface area contributed by atoms with E-state index in [1.807, 2.05) is 42.5 Å². The van der Waals surface area contributed by atoms with Crippen LogP contribution in [0.5, 0.6) is 0 Å². The lowest BCUT2D eigenvalue weighted by atomic mass is 9.99. The van der Waals surface area contributed by atoms with E-state index in [1.165, 1.54) is 24.1 Å². The molecule has 0 saturated heterocycles. The molecular formula is C31H39FN4O4. The second kappa shape index (κ2) is 14.1. The van der Waals surface area contributed by atoms with Gasteiger partial charge in [-0.1, -0.05) is 54.6 Å². The van der Waals surface area contributed by atoms with Gasteiger partial charge in [0.05, 0.1) is 19.2 Å². The number of fused-ring (bicyclic) bond motifs is 1. The first-order valence-corrected chi connectivity index (χ1v) is 13.3. The number of likely N-dealkylation sites (N-methyl/N-ethyl adjacent to an activating group) is 2. The van der Waals surface area contributed by atoms with Crippen LogP contribution in [0.3, 0.4) is 0 Å². The van der Waals surface area contributed by atoms with Crippen LogP contribution in [0.2, 0.25) is 0 Å². The molecule has 0 saturated carbocycles. The van der Waals surface area contributed by atoms with Gasteiger partial charge in [0, 0.05) is 26.1 Å². The van der Waals surface area contributed by atoms with Crippen molar-refractivity contribution in [3.8, 4) is 0 Å². The summed E-state index contributed by atoms with van der Waals surface area (Å²) in [6.07, 6.45) is 0.502. The van der Waals surface area contributed by atoms with E-state index in [4.69, 9.17) is 10.5 Å². The van der Waals surface area contributed by atoms with Crippen molar-refractivity contribution in [3.05, 3.63) is 83.7 Å². The van der Waals surface area contributed by atoms with E-state index in [0.717, 1.165) is 16.3 Å². The van der Waals surface area contributed by atoms with Gasteiger partial charge in [0.1, 0.15) is 18.5 Å². The van der Waals surface area contributed by atoms with Crippen LogP contribution in [0.25, 0.3) is 10.8 Å². The smallest absolute Gasteiger partial charge is 0.242 e. The van der Waals surface area contributed by atoms with Crippen molar-refractivity contribution >= 4 is 28.4 Å². The number of halogens is 1. The molecule has 0 aliphatic rings. The van der Waals surface area contributed by atoms with Crippen LogP contribution in [0.4, 0.5) is 4.39 Å². The summed E-state index contributed by atoms with van der Waals surface area (Å²) in [4.78, 5) is 40.6. The Morgan fingerprint density at radius 3 is 2.27 bits per heavy atom. The van der Waals surface area contributed by atoms with E-state index in [0.29, 0.717) is 12.0 Å². The highest BCUT2D eigenvalue weighted by Crippen LogP contribution is 2.18. The largest absolute Gasteiger partial charge is 0.372 e. The Hall–Kier alpha value is -3.66. The number of hydrogen-bond acceptors (Lipinski definition) is 6. The minimum atomic E-state index is -0.838. The molecule has 0 bridgehead atoms. The summed E-state index contributed by atoms with van der Waals surface area (Å²) in [5.74, 6) is -1.30. The molecule has 0 fully saturated rings. The van der Waals surface area contributed by atoms with Gasteiger partial charge in [0.25, 0.3) is 0 Å². The predicted octanol–water partition coefficient (Wildman–Crippen LogP) is 2.62. The van der Waals surface area contributed by atoms with E-state index in [2.05, 4.69) is 10.6 Å². The zero-order valence-electron chi connectivity index (χ0n) is 23.6. The van der Waals surface area contributed by atoms with Crippen molar-refractivity contribution in [3.63, 3.8) is 0 Å². The van der Waals surface area contributed by atoms with Crippen LogP contribution in [0, 0.1) is 5.82 Å². The van der Waals surface area contributed by atoms with Gasteiger partial charge in [0.2, 0.25) is 11.8 Å². The Labute approximate surface area is 235 Å². The molecule has 3 aromatic rings.